The van der Waals surface area contributed by atoms with Crippen molar-refractivity contribution in [3.63, 3.8) is 0 Å². The van der Waals surface area contributed by atoms with E-state index in [1.54, 1.807) is 7.11 Å². The summed E-state index contributed by atoms with van der Waals surface area (Å²) in [4.78, 5) is 0. The summed E-state index contributed by atoms with van der Waals surface area (Å²) in [7, 11) is 1.70. The number of aryl methyl sites for hydroxylation is 2. The van der Waals surface area contributed by atoms with E-state index in [2.05, 4.69) is 34.7 Å². The van der Waals surface area contributed by atoms with E-state index in [-0.39, 0.29) is 6.04 Å². The maximum atomic E-state index is 5.57. The van der Waals surface area contributed by atoms with Gasteiger partial charge in [0, 0.05) is 17.7 Å². The molecule has 1 heterocycles. The molecule has 0 bridgehead atoms. The van der Waals surface area contributed by atoms with Crippen molar-refractivity contribution in [2.75, 3.05) is 12.4 Å². The normalized spacial score (nSPS) is 16.0. The van der Waals surface area contributed by atoms with Crippen molar-refractivity contribution in [3.05, 3.63) is 65.5 Å². The Hall–Kier alpha value is -2.75. The molecule has 0 amide bonds. The van der Waals surface area contributed by atoms with Crippen molar-refractivity contribution in [2.45, 2.75) is 25.8 Å². The van der Waals surface area contributed by atoms with E-state index >= 15 is 0 Å². The first-order valence-electron chi connectivity index (χ1n) is 8.21. The van der Waals surface area contributed by atoms with Crippen LogP contribution in [0.1, 0.15) is 29.5 Å². The van der Waals surface area contributed by atoms with E-state index in [0.29, 0.717) is 0 Å². The molecule has 0 radical (unpaired) electrons. The van der Waals surface area contributed by atoms with Crippen LogP contribution in [0.5, 0.6) is 5.75 Å². The molecule has 4 heteroatoms. The highest BCUT2D eigenvalue weighted by Gasteiger charge is 2.27. The monoisotopic (exact) mass is 320 g/mol. The maximum Gasteiger partial charge on any atom is 0.144 e. The summed E-state index contributed by atoms with van der Waals surface area (Å²) in [5, 5.41) is 7.82. The Bertz CT molecular complexity index is 855. The van der Waals surface area contributed by atoms with Crippen molar-refractivity contribution in [1.82, 2.24) is 5.16 Å². The van der Waals surface area contributed by atoms with Crippen LogP contribution < -0.4 is 10.1 Å². The van der Waals surface area contributed by atoms with Gasteiger partial charge in [0.2, 0.25) is 0 Å². The molecule has 0 saturated carbocycles. The smallest absolute Gasteiger partial charge is 0.144 e. The van der Waals surface area contributed by atoms with Gasteiger partial charge in [0.05, 0.1) is 18.8 Å². The van der Waals surface area contributed by atoms with Gasteiger partial charge in [0.25, 0.3) is 0 Å². The van der Waals surface area contributed by atoms with Crippen molar-refractivity contribution < 1.29 is 9.26 Å². The predicted octanol–water partition coefficient (Wildman–Crippen LogP) is 4.76. The number of nitrogens with zero attached hydrogens (tertiary/aromatic N) is 1. The van der Waals surface area contributed by atoms with E-state index in [4.69, 9.17) is 9.26 Å². The van der Waals surface area contributed by atoms with E-state index in [9.17, 15) is 0 Å². The van der Waals surface area contributed by atoms with Gasteiger partial charge in [-0.1, -0.05) is 29.4 Å². The molecule has 1 unspecified atom stereocenters. The van der Waals surface area contributed by atoms with Crippen LogP contribution >= 0.6 is 0 Å². The molecule has 0 aliphatic heterocycles. The summed E-state index contributed by atoms with van der Waals surface area (Å²) < 4.78 is 11.0. The number of anilines is 1. The fourth-order valence-corrected chi connectivity index (χ4v) is 3.43. The van der Waals surface area contributed by atoms with Crippen LogP contribution in [0.3, 0.4) is 0 Å². The summed E-state index contributed by atoms with van der Waals surface area (Å²) in [6.45, 7) is 2.00. The molecule has 0 fully saturated rings. The third-order valence-corrected chi connectivity index (χ3v) is 4.61. The first kappa shape index (κ1) is 14.8. The average molecular weight is 320 g/mol. The summed E-state index contributed by atoms with van der Waals surface area (Å²) in [5.74, 6) is 1.84. The second-order valence-electron chi connectivity index (χ2n) is 6.12. The topological polar surface area (TPSA) is 47.3 Å². The molecule has 4 rings (SSSR count). The fraction of sp³-hybridized carbons (Fsp3) is 0.250. The molecule has 1 aliphatic rings. The lowest BCUT2D eigenvalue weighted by Crippen LogP contribution is -2.11. The minimum Gasteiger partial charge on any atom is -0.497 e. The van der Waals surface area contributed by atoms with Crippen molar-refractivity contribution in [3.8, 4) is 16.9 Å². The molecule has 1 atom stereocenters. The first-order valence-corrected chi connectivity index (χ1v) is 8.21. The molecule has 1 N–H and O–H groups in total. The standard InChI is InChI=1S/C20H20N2O2/c1-13-20-16-9-8-15(23-2)12-17(16)18(10-11-19(20)24-22-13)21-14-6-4-3-5-7-14/h3-9,12,18,21H,10-11H2,1-2H3. The number of hydrogen-bond donors (Lipinski definition) is 1. The molecular formula is C20H20N2O2. The SMILES string of the molecule is COc1ccc2c(c1)C(Nc1ccccc1)CCc1onc(C)c1-2. The van der Waals surface area contributed by atoms with Gasteiger partial charge in [-0.25, -0.2) is 0 Å². The number of ether oxygens (including phenoxy) is 1. The predicted molar refractivity (Wildman–Crippen MR) is 94.4 cm³/mol. The van der Waals surface area contributed by atoms with Crippen molar-refractivity contribution in [1.29, 1.82) is 0 Å². The number of methoxy groups -OCH3 is 1. The number of fused-ring (bicyclic) bond motifs is 3. The van der Waals surface area contributed by atoms with Gasteiger partial charge in [-0.2, -0.15) is 0 Å². The number of rotatable bonds is 3. The van der Waals surface area contributed by atoms with Gasteiger partial charge in [-0.15, -0.1) is 0 Å². The summed E-state index contributed by atoms with van der Waals surface area (Å²) in [6.07, 6.45) is 1.80. The number of benzene rings is 2. The molecule has 3 aromatic rings. The Balaban J connectivity index is 1.82. The van der Waals surface area contributed by atoms with Crippen LogP contribution in [0, 0.1) is 6.92 Å². The van der Waals surface area contributed by atoms with Crippen LogP contribution in [0.2, 0.25) is 0 Å². The largest absolute Gasteiger partial charge is 0.497 e. The summed E-state index contributed by atoms with van der Waals surface area (Å²) >= 11 is 0. The molecular weight excluding hydrogens is 300 g/mol. The number of nitrogens with one attached hydrogen (secondary N) is 1. The van der Waals surface area contributed by atoms with Crippen LogP contribution in [0.15, 0.2) is 53.1 Å². The molecule has 122 valence electrons. The molecule has 0 spiro atoms. The van der Waals surface area contributed by atoms with Gasteiger partial charge < -0.3 is 14.6 Å². The first-order chi connectivity index (χ1) is 11.8. The van der Waals surface area contributed by atoms with E-state index in [1.807, 2.05) is 31.2 Å². The van der Waals surface area contributed by atoms with Crippen LogP contribution in [0.4, 0.5) is 5.69 Å². The van der Waals surface area contributed by atoms with Gasteiger partial charge in [-0.3, -0.25) is 0 Å². The Kier molecular flexibility index (Phi) is 3.73. The molecule has 1 aromatic heterocycles. The van der Waals surface area contributed by atoms with E-state index < -0.39 is 0 Å². The minimum absolute atomic E-state index is 0.194. The number of hydrogen-bond acceptors (Lipinski definition) is 4. The maximum absolute atomic E-state index is 5.57. The van der Waals surface area contributed by atoms with Gasteiger partial charge in [-0.05, 0) is 48.7 Å². The zero-order valence-electron chi connectivity index (χ0n) is 13.9. The van der Waals surface area contributed by atoms with E-state index in [0.717, 1.165) is 41.3 Å². The lowest BCUT2D eigenvalue weighted by Gasteiger charge is -2.21. The molecule has 2 aromatic carbocycles. The average Bonchev–Trinajstić information content (AvgIpc) is 2.91. The molecule has 4 nitrogen and oxygen atoms in total. The van der Waals surface area contributed by atoms with Crippen LogP contribution in [-0.2, 0) is 6.42 Å². The lowest BCUT2D eigenvalue weighted by atomic mass is 9.95. The Morgan fingerprint density at radius 1 is 1.17 bits per heavy atom. The second kappa shape index (κ2) is 6.04. The van der Waals surface area contributed by atoms with Crippen LogP contribution in [0.25, 0.3) is 11.1 Å². The number of aromatic nitrogens is 1. The van der Waals surface area contributed by atoms with Gasteiger partial charge >= 0.3 is 0 Å². The Morgan fingerprint density at radius 2 is 2.00 bits per heavy atom. The van der Waals surface area contributed by atoms with E-state index in [1.165, 1.54) is 11.1 Å². The summed E-state index contributed by atoms with van der Waals surface area (Å²) in [5.41, 5.74) is 5.59. The summed E-state index contributed by atoms with van der Waals surface area (Å²) in [6, 6.07) is 16.7. The van der Waals surface area contributed by atoms with Crippen LogP contribution in [-0.4, -0.2) is 12.3 Å². The highest BCUT2D eigenvalue weighted by Crippen LogP contribution is 2.41. The second-order valence-corrected chi connectivity index (χ2v) is 6.12. The highest BCUT2D eigenvalue weighted by molar-refractivity contribution is 5.74. The van der Waals surface area contributed by atoms with Gasteiger partial charge in [0.1, 0.15) is 11.5 Å². The third-order valence-electron chi connectivity index (χ3n) is 4.61. The molecule has 0 saturated heterocycles. The minimum atomic E-state index is 0.194. The third kappa shape index (κ3) is 2.54. The van der Waals surface area contributed by atoms with Crippen molar-refractivity contribution in [2.24, 2.45) is 0 Å². The molecule has 1 aliphatic carbocycles. The molecule has 24 heavy (non-hydrogen) atoms. The Morgan fingerprint density at radius 3 is 2.79 bits per heavy atom. The number of para-hydroxylation sites is 1. The zero-order chi connectivity index (χ0) is 16.5. The lowest BCUT2D eigenvalue weighted by molar-refractivity contribution is 0.376. The Labute approximate surface area is 141 Å². The van der Waals surface area contributed by atoms with Gasteiger partial charge in [0.15, 0.2) is 0 Å². The highest BCUT2D eigenvalue weighted by atomic mass is 16.5. The fourth-order valence-electron chi connectivity index (χ4n) is 3.43. The van der Waals surface area contributed by atoms with Crippen molar-refractivity contribution >= 4 is 5.69 Å². The zero-order valence-corrected chi connectivity index (χ0v) is 13.9. The quantitative estimate of drug-likeness (QED) is 0.756.